The lowest BCUT2D eigenvalue weighted by molar-refractivity contribution is -0.141. The van der Waals surface area contributed by atoms with Gasteiger partial charge < -0.3 is 9.80 Å². The monoisotopic (exact) mass is 418 g/mol. The first-order chi connectivity index (χ1) is 15.0. The van der Waals surface area contributed by atoms with Gasteiger partial charge in [0.25, 0.3) is 0 Å². The number of aryl methyl sites for hydroxylation is 3. The topological polar surface area (TPSA) is 40.6 Å². The van der Waals surface area contributed by atoms with Crippen molar-refractivity contribution in [3.05, 3.63) is 70.8 Å². The molecule has 2 amide bonds. The zero-order chi connectivity index (χ0) is 21.8. The smallest absolute Gasteiger partial charge is 0.226 e. The van der Waals surface area contributed by atoms with Crippen molar-refractivity contribution in [2.75, 3.05) is 19.6 Å². The Morgan fingerprint density at radius 2 is 1.65 bits per heavy atom. The molecule has 4 nitrogen and oxygen atoms in total. The number of carbonyl (C=O) groups is 2. The van der Waals surface area contributed by atoms with Crippen LogP contribution in [-0.4, -0.2) is 41.2 Å². The Morgan fingerprint density at radius 1 is 0.903 bits per heavy atom. The van der Waals surface area contributed by atoms with E-state index in [-0.39, 0.29) is 23.8 Å². The first-order valence-electron chi connectivity index (χ1n) is 11.7. The van der Waals surface area contributed by atoms with Crippen molar-refractivity contribution in [3.63, 3.8) is 0 Å². The molecule has 1 unspecified atom stereocenters. The fourth-order valence-corrected chi connectivity index (χ4v) is 5.01. The molecule has 0 bridgehead atoms. The van der Waals surface area contributed by atoms with E-state index in [4.69, 9.17) is 0 Å². The quantitative estimate of drug-likeness (QED) is 0.697. The second-order valence-corrected chi connectivity index (χ2v) is 9.17. The maximum absolute atomic E-state index is 13.3. The Labute approximate surface area is 186 Å². The van der Waals surface area contributed by atoms with E-state index in [1.807, 2.05) is 23.1 Å². The number of hydrogen-bond acceptors (Lipinski definition) is 2. The summed E-state index contributed by atoms with van der Waals surface area (Å²) in [5.74, 6) is 0.548. The zero-order valence-electron chi connectivity index (χ0n) is 18.8. The molecular formula is C27H34N2O2. The van der Waals surface area contributed by atoms with Crippen LogP contribution >= 0.6 is 0 Å². The van der Waals surface area contributed by atoms with Gasteiger partial charge in [-0.3, -0.25) is 9.59 Å². The molecule has 0 aromatic heterocycles. The Kier molecular flexibility index (Phi) is 6.74. The van der Waals surface area contributed by atoms with Crippen molar-refractivity contribution in [2.45, 2.75) is 58.4 Å². The molecule has 2 aromatic carbocycles. The van der Waals surface area contributed by atoms with Crippen LogP contribution in [0.25, 0.3) is 0 Å². The lowest BCUT2D eigenvalue weighted by Gasteiger charge is -2.35. The van der Waals surface area contributed by atoms with Crippen LogP contribution < -0.4 is 0 Å². The van der Waals surface area contributed by atoms with Crippen molar-refractivity contribution >= 4 is 11.8 Å². The predicted molar refractivity (Wildman–Crippen MR) is 124 cm³/mol. The van der Waals surface area contributed by atoms with E-state index in [1.54, 1.807) is 0 Å². The number of amides is 2. The normalized spacial score (nSPS) is 19.6. The second-order valence-electron chi connectivity index (χ2n) is 9.17. The molecule has 2 aliphatic rings. The van der Waals surface area contributed by atoms with Crippen LogP contribution in [0.15, 0.2) is 48.5 Å². The Balaban J connectivity index is 1.31. The van der Waals surface area contributed by atoms with Crippen LogP contribution in [0.4, 0.5) is 0 Å². The molecule has 31 heavy (non-hydrogen) atoms. The highest BCUT2D eigenvalue weighted by atomic mass is 16.2. The average molecular weight is 419 g/mol. The minimum absolute atomic E-state index is 0.0466. The van der Waals surface area contributed by atoms with Crippen molar-refractivity contribution < 1.29 is 9.59 Å². The molecule has 4 rings (SSSR count). The highest BCUT2D eigenvalue weighted by Gasteiger charge is 2.36. The third-order valence-corrected chi connectivity index (χ3v) is 7.12. The van der Waals surface area contributed by atoms with Crippen LogP contribution in [0.2, 0.25) is 0 Å². The average Bonchev–Trinajstić information content (AvgIpc) is 3.29. The number of rotatable bonds is 5. The van der Waals surface area contributed by atoms with Gasteiger partial charge in [0.2, 0.25) is 11.8 Å². The largest absolute Gasteiger partial charge is 0.343 e. The molecular weight excluding hydrogens is 384 g/mol. The van der Waals surface area contributed by atoms with Gasteiger partial charge in [0, 0.05) is 32.0 Å². The van der Waals surface area contributed by atoms with Crippen LogP contribution in [0.5, 0.6) is 0 Å². The van der Waals surface area contributed by atoms with Gasteiger partial charge in [0.1, 0.15) is 0 Å². The van der Waals surface area contributed by atoms with Crippen LogP contribution in [-0.2, 0) is 16.0 Å². The Morgan fingerprint density at radius 3 is 2.35 bits per heavy atom. The predicted octanol–water partition coefficient (Wildman–Crippen LogP) is 4.84. The van der Waals surface area contributed by atoms with Crippen molar-refractivity contribution in [3.8, 4) is 0 Å². The molecule has 1 atom stereocenters. The van der Waals surface area contributed by atoms with Gasteiger partial charge >= 0.3 is 0 Å². The summed E-state index contributed by atoms with van der Waals surface area (Å²) in [5, 5.41) is 0. The molecule has 0 N–H and O–H groups in total. The highest BCUT2D eigenvalue weighted by molar-refractivity contribution is 5.81. The van der Waals surface area contributed by atoms with Gasteiger partial charge in [-0.25, -0.2) is 0 Å². The molecule has 0 aliphatic carbocycles. The first kappa shape index (κ1) is 21.6. The summed E-state index contributed by atoms with van der Waals surface area (Å²) < 4.78 is 0. The fraction of sp³-hybridized carbons (Fsp3) is 0.481. The lowest BCUT2D eigenvalue weighted by atomic mass is 9.93. The summed E-state index contributed by atoms with van der Waals surface area (Å²) >= 11 is 0. The minimum Gasteiger partial charge on any atom is -0.343 e. The molecule has 2 saturated heterocycles. The van der Waals surface area contributed by atoms with Gasteiger partial charge in [0.05, 0.1) is 6.04 Å². The van der Waals surface area contributed by atoms with E-state index in [9.17, 15) is 9.59 Å². The SMILES string of the molecule is Cc1ccc(C2CCCN2C(=O)C2CCN(C(=O)CCc3ccccc3)CC2)cc1C. The van der Waals surface area contributed by atoms with Gasteiger partial charge in [-0.05, 0) is 68.2 Å². The van der Waals surface area contributed by atoms with E-state index in [0.29, 0.717) is 19.5 Å². The molecule has 0 saturated carbocycles. The van der Waals surface area contributed by atoms with E-state index in [2.05, 4.69) is 49.1 Å². The maximum atomic E-state index is 13.3. The fourth-order valence-electron chi connectivity index (χ4n) is 5.01. The number of nitrogens with zero attached hydrogens (tertiary/aromatic N) is 2. The number of likely N-dealkylation sites (tertiary alicyclic amines) is 2. The Hall–Kier alpha value is -2.62. The van der Waals surface area contributed by atoms with E-state index < -0.39 is 0 Å². The third kappa shape index (κ3) is 5.00. The number of hydrogen-bond donors (Lipinski definition) is 0. The van der Waals surface area contributed by atoms with Crippen LogP contribution in [0.1, 0.15) is 60.4 Å². The third-order valence-electron chi connectivity index (χ3n) is 7.12. The summed E-state index contributed by atoms with van der Waals surface area (Å²) in [4.78, 5) is 30.0. The standard InChI is InChI=1S/C27H34N2O2/c1-20-10-12-24(19-21(20)2)25-9-6-16-29(25)27(31)23-14-17-28(18-15-23)26(30)13-11-22-7-4-3-5-8-22/h3-5,7-8,10,12,19,23,25H,6,9,11,13-18H2,1-2H3. The maximum Gasteiger partial charge on any atom is 0.226 e. The molecule has 2 aromatic rings. The van der Waals surface area contributed by atoms with Crippen LogP contribution in [0, 0.1) is 19.8 Å². The van der Waals surface area contributed by atoms with E-state index in [0.717, 1.165) is 38.6 Å². The van der Waals surface area contributed by atoms with E-state index in [1.165, 1.54) is 22.3 Å². The summed E-state index contributed by atoms with van der Waals surface area (Å²) in [6, 6.07) is 17.0. The number of piperidine rings is 1. The molecule has 2 fully saturated rings. The lowest BCUT2D eigenvalue weighted by Crippen LogP contribution is -2.44. The molecule has 0 spiro atoms. The summed E-state index contributed by atoms with van der Waals surface area (Å²) in [5.41, 5.74) is 5.05. The molecule has 2 aliphatic heterocycles. The van der Waals surface area contributed by atoms with E-state index >= 15 is 0 Å². The van der Waals surface area contributed by atoms with Gasteiger partial charge in [-0.1, -0.05) is 48.5 Å². The number of benzene rings is 2. The molecule has 0 radical (unpaired) electrons. The summed E-state index contributed by atoms with van der Waals surface area (Å²) in [6.45, 7) is 6.53. The van der Waals surface area contributed by atoms with Gasteiger partial charge in [0.15, 0.2) is 0 Å². The van der Waals surface area contributed by atoms with Crippen molar-refractivity contribution in [1.82, 2.24) is 9.80 Å². The second kappa shape index (κ2) is 9.67. The molecule has 4 heteroatoms. The van der Waals surface area contributed by atoms with Gasteiger partial charge in [-0.2, -0.15) is 0 Å². The van der Waals surface area contributed by atoms with Crippen molar-refractivity contribution in [1.29, 1.82) is 0 Å². The summed E-state index contributed by atoms with van der Waals surface area (Å²) in [6.07, 6.45) is 5.01. The minimum atomic E-state index is 0.0466. The Bertz CT molecular complexity index is 916. The first-order valence-corrected chi connectivity index (χ1v) is 11.7. The van der Waals surface area contributed by atoms with Crippen molar-refractivity contribution in [2.24, 2.45) is 5.92 Å². The van der Waals surface area contributed by atoms with Crippen LogP contribution in [0.3, 0.4) is 0 Å². The molecule has 2 heterocycles. The molecule has 164 valence electrons. The van der Waals surface area contributed by atoms with Gasteiger partial charge in [-0.15, -0.1) is 0 Å². The number of carbonyl (C=O) groups excluding carboxylic acids is 2. The zero-order valence-corrected chi connectivity index (χ0v) is 18.8. The highest BCUT2D eigenvalue weighted by Crippen LogP contribution is 2.35. The summed E-state index contributed by atoms with van der Waals surface area (Å²) in [7, 11) is 0.